The first-order valence-electron chi connectivity index (χ1n) is 6.67. The van der Waals surface area contributed by atoms with Gasteiger partial charge in [-0.25, -0.2) is 4.79 Å². The molecule has 0 N–H and O–H groups in total. The molecule has 0 atom stereocenters. The van der Waals surface area contributed by atoms with Crippen molar-refractivity contribution in [1.82, 2.24) is 0 Å². The number of nitro groups is 1. The lowest BCUT2D eigenvalue weighted by molar-refractivity contribution is -0.384. The van der Waals surface area contributed by atoms with E-state index in [2.05, 4.69) is 5.16 Å². The van der Waals surface area contributed by atoms with E-state index < -0.39 is 10.9 Å². The minimum atomic E-state index is -0.664. The third-order valence-corrected chi connectivity index (χ3v) is 3.82. The number of oxime groups is 1. The quantitative estimate of drug-likeness (QED) is 0.353. The molecule has 2 aromatic carbocycles. The first-order valence-corrected chi connectivity index (χ1v) is 7.42. The van der Waals surface area contributed by atoms with Crippen molar-refractivity contribution in [2.45, 2.75) is 0 Å². The highest BCUT2D eigenvalue weighted by Crippen LogP contribution is 2.28. The maximum atomic E-state index is 12.0. The minimum Gasteiger partial charge on any atom is -0.312 e. The van der Waals surface area contributed by atoms with E-state index >= 15 is 0 Å². The van der Waals surface area contributed by atoms with Crippen molar-refractivity contribution in [2.24, 2.45) is 5.16 Å². The van der Waals surface area contributed by atoms with Gasteiger partial charge in [0.1, 0.15) is 5.71 Å². The summed E-state index contributed by atoms with van der Waals surface area (Å²) in [5, 5.41) is 15.4. The van der Waals surface area contributed by atoms with E-state index in [1.165, 1.54) is 30.3 Å². The van der Waals surface area contributed by atoms with Gasteiger partial charge in [0.2, 0.25) is 0 Å². The number of nitro benzene ring substituents is 1. The molecule has 0 bridgehead atoms. The van der Waals surface area contributed by atoms with E-state index in [4.69, 9.17) is 28.0 Å². The highest BCUT2D eigenvalue weighted by atomic mass is 35.5. The van der Waals surface area contributed by atoms with Crippen LogP contribution in [0, 0.1) is 10.1 Å². The molecule has 6 nitrogen and oxygen atoms in total. The molecular formula is C16H8Cl2N2O4. The predicted octanol–water partition coefficient (Wildman–Crippen LogP) is 4.25. The minimum absolute atomic E-state index is 0.0845. The van der Waals surface area contributed by atoms with E-state index in [-0.39, 0.29) is 17.0 Å². The van der Waals surface area contributed by atoms with Crippen molar-refractivity contribution in [3.8, 4) is 0 Å². The van der Waals surface area contributed by atoms with E-state index in [1.54, 1.807) is 18.2 Å². The Hall–Kier alpha value is -2.70. The van der Waals surface area contributed by atoms with Gasteiger partial charge >= 0.3 is 5.97 Å². The number of rotatable bonds is 3. The molecule has 8 heteroatoms. The zero-order valence-corrected chi connectivity index (χ0v) is 13.4. The van der Waals surface area contributed by atoms with Crippen molar-refractivity contribution in [2.75, 3.05) is 0 Å². The molecule has 0 aliphatic carbocycles. The van der Waals surface area contributed by atoms with Crippen LogP contribution in [-0.2, 0) is 9.63 Å². The van der Waals surface area contributed by atoms with Crippen molar-refractivity contribution < 1.29 is 14.6 Å². The third-order valence-electron chi connectivity index (χ3n) is 3.27. The molecule has 0 aromatic heterocycles. The van der Waals surface area contributed by atoms with Gasteiger partial charge in [-0.2, -0.15) is 0 Å². The van der Waals surface area contributed by atoms with E-state index in [0.717, 1.165) is 0 Å². The lowest BCUT2D eigenvalue weighted by atomic mass is 10.0. The van der Waals surface area contributed by atoms with Crippen LogP contribution in [0.2, 0.25) is 10.0 Å². The smallest absolute Gasteiger partial charge is 0.312 e. The van der Waals surface area contributed by atoms with Gasteiger partial charge < -0.3 is 4.84 Å². The van der Waals surface area contributed by atoms with Gasteiger partial charge in [-0.05, 0) is 29.8 Å². The van der Waals surface area contributed by atoms with Crippen LogP contribution in [-0.4, -0.2) is 16.6 Å². The molecule has 0 fully saturated rings. The van der Waals surface area contributed by atoms with Crippen LogP contribution < -0.4 is 0 Å². The molecule has 3 rings (SSSR count). The number of carbonyl (C=O) groups excluding carboxylic acids is 1. The van der Waals surface area contributed by atoms with Crippen LogP contribution in [0.5, 0.6) is 0 Å². The maximum Gasteiger partial charge on any atom is 0.368 e. The van der Waals surface area contributed by atoms with Gasteiger partial charge in [-0.1, -0.05) is 40.5 Å². The molecule has 1 aliphatic heterocycles. The Labute approximate surface area is 146 Å². The molecule has 0 unspecified atom stereocenters. The fourth-order valence-corrected chi connectivity index (χ4v) is 2.68. The summed E-state index contributed by atoms with van der Waals surface area (Å²) in [4.78, 5) is 27.0. The van der Waals surface area contributed by atoms with Crippen molar-refractivity contribution >= 4 is 46.6 Å². The van der Waals surface area contributed by atoms with E-state index in [9.17, 15) is 14.9 Å². The normalized spacial score (nSPS) is 15.3. The van der Waals surface area contributed by atoms with Crippen LogP contribution in [0.25, 0.3) is 6.08 Å². The Morgan fingerprint density at radius 2 is 1.96 bits per heavy atom. The van der Waals surface area contributed by atoms with Crippen LogP contribution in [0.3, 0.4) is 0 Å². The van der Waals surface area contributed by atoms with Gasteiger partial charge in [0.15, 0.2) is 0 Å². The summed E-state index contributed by atoms with van der Waals surface area (Å²) in [5.74, 6) is -0.664. The third kappa shape index (κ3) is 3.15. The van der Waals surface area contributed by atoms with Crippen LogP contribution in [0.1, 0.15) is 11.1 Å². The molecule has 24 heavy (non-hydrogen) atoms. The van der Waals surface area contributed by atoms with Gasteiger partial charge in [0.25, 0.3) is 5.69 Å². The molecular weight excluding hydrogens is 355 g/mol. The first-order chi connectivity index (χ1) is 11.5. The van der Waals surface area contributed by atoms with Gasteiger partial charge in [0.05, 0.1) is 15.5 Å². The lowest BCUT2D eigenvalue weighted by Crippen LogP contribution is -2.07. The summed E-state index contributed by atoms with van der Waals surface area (Å²) in [6.07, 6.45) is 1.46. The number of halogens is 2. The molecule has 0 spiro atoms. The molecule has 0 amide bonds. The lowest BCUT2D eigenvalue weighted by Gasteiger charge is -2.04. The van der Waals surface area contributed by atoms with E-state index in [0.29, 0.717) is 21.2 Å². The number of nitrogens with zero attached hydrogens (tertiary/aromatic N) is 2. The monoisotopic (exact) mass is 362 g/mol. The number of hydrogen-bond acceptors (Lipinski definition) is 5. The summed E-state index contributed by atoms with van der Waals surface area (Å²) in [6, 6.07) is 10.6. The molecule has 1 aliphatic rings. The topological polar surface area (TPSA) is 81.8 Å². The van der Waals surface area contributed by atoms with Crippen LogP contribution >= 0.6 is 23.2 Å². The summed E-state index contributed by atoms with van der Waals surface area (Å²) in [7, 11) is 0. The van der Waals surface area contributed by atoms with E-state index in [1.807, 2.05) is 0 Å². The predicted molar refractivity (Wildman–Crippen MR) is 90.2 cm³/mol. The van der Waals surface area contributed by atoms with Crippen molar-refractivity contribution in [3.63, 3.8) is 0 Å². The Balaban J connectivity index is 2.05. The number of non-ortho nitro benzene ring substituents is 1. The summed E-state index contributed by atoms with van der Waals surface area (Å²) in [5.41, 5.74) is 1.26. The molecule has 2 aromatic rings. The SMILES string of the molecule is O=C1ON=C(c2ccc(Cl)cc2Cl)C1=Cc1cccc([N+](=O)[O-])c1. The fraction of sp³-hybridized carbons (Fsp3) is 0. The number of benzene rings is 2. The Morgan fingerprint density at radius 1 is 1.17 bits per heavy atom. The highest BCUT2D eigenvalue weighted by molar-refractivity contribution is 6.40. The first kappa shape index (κ1) is 16.2. The summed E-state index contributed by atoms with van der Waals surface area (Å²) < 4.78 is 0. The summed E-state index contributed by atoms with van der Waals surface area (Å²) in [6.45, 7) is 0. The number of carbonyl (C=O) groups is 1. The van der Waals surface area contributed by atoms with Crippen molar-refractivity contribution in [3.05, 3.63) is 79.3 Å². The van der Waals surface area contributed by atoms with Gasteiger partial charge in [0, 0.05) is 22.7 Å². The molecule has 0 saturated heterocycles. The zero-order valence-electron chi connectivity index (χ0n) is 11.9. The average Bonchev–Trinajstić information content (AvgIpc) is 2.89. The Morgan fingerprint density at radius 3 is 2.67 bits per heavy atom. The molecule has 1 heterocycles. The largest absolute Gasteiger partial charge is 0.368 e. The summed E-state index contributed by atoms with van der Waals surface area (Å²) >= 11 is 12.0. The second-order valence-electron chi connectivity index (χ2n) is 4.85. The van der Waals surface area contributed by atoms with Crippen LogP contribution in [0.15, 0.2) is 53.2 Å². The average molecular weight is 363 g/mol. The second-order valence-corrected chi connectivity index (χ2v) is 5.70. The standard InChI is InChI=1S/C16H8Cl2N2O4/c17-10-4-5-12(14(18)8-10)15-13(16(21)24-19-15)7-9-2-1-3-11(6-9)20(22)23/h1-8H. The second kappa shape index (κ2) is 6.43. The zero-order chi connectivity index (χ0) is 17.3. The highest BCUT2D eigenvalue weighted by Gasteiger charge is 2.28. The molecule has 0 saturated carbocycles. The van der Waals surface area contributed by atoms with Crippen LogP contribution in [0.4, 0.5) is 5.69 Å². The van der Waals surface area contributed by atoms with Gasteiger partial charge in [-0.3, -0.25) is 10.1 Å². The number of hydrogen-bond donors (Lipinski definition) is 0. The molecule has 120 valence electrons. The maximum absolute atomic E-state index is 12.0. The van der Waals surface area contributed by atoms with Gasteiger partial charge in [-0.15, -0.1) is 0 Å². The Kier molecular flexibility index (Phi) is 4.33. The fourth-order valence-electron chi connectivity index (χ4n) is 2.18. The van der Waals surface area contributed by atoms with Crippen molar-refractivity contribution in [1.29, 1.82) is 0 Å². The Bertz CT molecular complexity index is 922. The molecule has 0 radical (unpaired) electrons.